The second-order valence-corrected chi connectivity index (χ2v) is 5.65. The van der Waals surface area contributed by atoms with Gasteiger partial charge in [0, 0.05) is 18.7 Å². The lowest BCUT2D eigenvalue weighted by Crippen LogP contribution is -2.34. The van der Waals surface area contributed by atoms with Gasteiger partial charge in [-0.05, 0) is 45.4 Å². The van der Waals surface area contributed by atoms with Crippen molar-refractivity contribution in [3.63, 3.8) is 0 Å². The monoisotopic (exact) mass is 369 g/mol. The molecule has 0 heterocycles. The van der Waals surface area contributed by atoms with Gasteiger partial charge in [-0.1, -0.05) is 0 Å². The Bertz CT molecular complexity index is 647. The van der Waals surface area contributed by atoms with Crippen molar-refractivity contribution >= 4 is 23.7 Å². The van der Waals surface area contributed by atoms with E-state index in [1.165, 1.54) is 17.0 Å². The Kier molecular flexibility index (Phi) is 8.54. The summed E-state index contributed by atoms with van der Waals surface area (Å²) in [6.07, 6.45) is -0.594. The summed E-state index contributed by atoms with van der Waals surface area (Å²) in [4.78, 5) is 36.8. The van der Waals surface area contributed by atoms with Gasteiger partial charge in [-0.2, -0.15) is 0 Å². The zero-order valence-electron chi connectivity index (χ0n) is 15.4. The van der Waals surface area contributed by atoms with E-state index in [0.717, 1.165) is 13.2 Å². The first-order chi connectivity index (χ1) is 12.3. The van der Waals surface area contributed by atoms with Gasteiger partial charge >= 0.3 is 18.0 Å². The van der Waals surface area contributed by atoms with Crippen LogP contribution in [0.3, 0.4) is 0 Å². The molecule has 0 bridgehead atoms. The van der Waals surface area contributed by atoms with Crippen molar-refractivity contribution in [1.82, 2.24) is 0 Å². The number of carbonyl (C=O) groups is 3. The SMILES string of the molecule is CCOC(=O)CCCN(C(=O)OC(C)C)c1ccc(F)c(C(=O)OC)c1. The van der Waals surface area contributed by atoms with Gasteiger partial charge < -0.3 is 14.2 Å². The topological polar surface area (TPSA) is 82.1 Å². The molecule has 0 N–H and O–H groups in total. The van der Waals surface area contributed by atoms with Crippen molar-refractivity contribution < 1.29 is 33.0 Å². The average molecular weight is 369 g/mol. The Labute approximate surface area is 152 Å². The van der Waals surface area contributed by atoms with Crippen LogP contribution in [-0.4, -0.2) is 44.4 Å². The average Bonchev–Trinajstić information content (AvgIpc) is 2.58. The normalized spacial score (nSPS) is 10.4. The molecule has 1 amide bonds. The summed E-state index contributed by atoms with van der Waals surface area (Å²) in [7, 11) is 1.14. The highest BCUT2D eigenvalue weighted by Crippen LogP contribution is 2.21. The minimum Gasteiger partial charge on any atom is -0.466 e. The van der Waals surface area contributed by atoms with Gasteiger partial charge in [0.15, 0.2) is 0 Å². The number of methoxy groups -OCH3 is 1. The molecule has 0 aliphatic heterocycles. The van der Waals surface area contributed by atoms with Gasteiger partial charge in [-0.25, -0.2) is 14.0 Å². The van der Waals surface area contributed by atoms with E-state index < -0.39 is 17.9 Å². The Balaban J connectivity index is 3.02. The van der Waals surface area contributed by atoms with Crippen LogP contribution in [0, 0.1) is 5.82 Å². The molecule has 0 saturated heterocycles. The maximum atomic E-state index is 13.8. The molecule has 26 heavy (non-hydrogen) atoms. The summed E-state index contributed by atoms with van der Waals surface area (Å²) in [5.74, 6) is -1.99. The Morgan fingerprint density at radius 3 is 2.50 bits per heavy atom. The number of nitrogens with zero attached hydrogens (tertiary/aromatic N) is 1. The van der Waals surface area contributed by atoms with Crippen LogP contribution in [0.1, 0.15) is 44.0 Å². The van der Waals surface area contributed by atoms with E-state index in [1.807, 2.05) is 0 Å². The largest absolute Gasteiger partial charge is 0.466 e. The number of amides is 1. The summed E-state index contributed by atoms with van der Waals surface area (Å²) in [5.41, 5.74) is -0.0287. The fourth-order valence-electron chi connectivity index (χ4n) is 2.15. The van der Waals surface area contributed by atoms with Crippen molar-refractivity contribution in [1.29, 1.82) is 0 Å². The van der Waals surface area contributed by atoms with Crippen molar-refractivity contribution in [2.45, 2.75) is 39.7 Å². The molecule has 8 heteroatoms. The van der Waals surface area contributed by atoms with E-state index in [1.54, 1.807) is 20.8 Å². The highest BCUT2D eigenvalue weighted by Gasteiger charge is 2.22. The molecule has 7 nitrogen and oxygen atoms in total. The van der Waals surface area contributed by atoms with Crippen molar-refractivity contribution in [3.05, 3.63) is 29.6 Å². The molecule has 0 saturated carbocycles. The molecule has 0 unspecified atom stereocenters. The van der Waals surface area contributed by atoms with Crippen LogP contribution in [0.4, 0.5) is 14.9 Å². The first-order valence-corrected chi connectivity index (χ1v) is 8.31. The quantitative estimate of drug-likeness (QED) is 0.516. The number of benzene rings is 1. The van der Waals surface area contributed by atoms with E-state index in [0.29, 0.717) is 6.42 Å². The number of hydrogen-bond donors (Lipinski definition) is 0. The highest BCUT2D eigenvalue weighted by molar-refractivity contribution is 5.93. The summed E-state index contributed by atoms with van der Waals surface area (Å²) in [5, 5.41) is 0. The first-order valence-electron chi connectivity index (χ1n) is 8.31. The standard InChI is InChI=1S/C18H24FNO6/c1-5-25-16(21)7-6-10-20(18(23)26-12(2)3)13-8-9-15(19)14(11-13)17(22)24-4/h8-9,11-12H,5-7,10H2,1-4H3. The minimum absolute atomic E-state index is 0.115. The number of anilines is 1. The number of carbonyl (C=O) groups excluding carboxylic acids is 3. The predicted octanol–water partition coefficient (Wildman–Crippen LogP) is 3.31. The van der Waals surface area contributed by atoms with E-state index in [4.69, 9.17) is 9.47 Å². The van der Waals surface area contributed by atoms with E-state index in [9.17, 15) is 18.8 Å². The summed E-state index contributed by atoms with van der Waals surface area (Å²) in [6, 6.07) is 3.64. The molecule has 0 aliphatic rings. The van der Waals surface area contributed by atoms with Crippen LogP contribution in [0.15, 0.2) is 18.2 Å². The number of halogens is 1. The molecule has 0 fully saturated rings. The number of esters is 2. The second-order valence-electron chi connectivity index (χ2n) is 5.65. The maximum absolute atomic E-state index is 13.8. The minimum atomic E-state index is -0.854. The summed E-state index contributed by atoms with van der Waals surface area (Å²) < 4.78 is 28.4. The number of ether oxygens (including phenoxy) is 3. The van der Waals surface area contributed by atoms with Gasteiger partial charge in [-0.15, -0.1) is 0 Å². The van der Waals surface area contributed by atoms with Gasteiger partial charge in [0.25, 0.3) is 0 Å². The Hall–Kier alpha value is -2.64. The molecule has 0 aromatic heterocycles. The molecular formula is C18H24FNO6. The van der Waals surface area contributed by atoms with Crippen molar-refractivity contribution in [3.8, 4) is 0 Å². The van der Waals surface area contributed by atoms with E-state index in [2.05, 4.69) is 4.74 Å². The van der Waals surface area contributed by atoms with Crippen LogP contribution >= 0.6 is 0 Å². The predicted molar refractivity (Wildman–Crippen MR) is 92.6 cm³/mol. The van der Waals surface area contributed by atoms with Gasteiger partial charge in [-0.3, -0.25) is 9.69 Å². The first kappa shape index (κ1) is 21.4. The lowest BCUT2D eigenvalue weighted by molar-refractivity contribution is -0.143. The van der Waals surface area contributed by atoms with E-state index >= 15 is 0 Å². The smallest absolute Gasteiger partial charge is 0.414 e. The van der Waals surface area contributed by atoms with Crippen LogP contribution < -0.4 is 4.90 Å². The van der Waals surface area contributed by atoms with Gasteiger partial charge in [0.2, 0.25) is 0 Å². The van der Waals surface area contributed by atoms with Crippen LogP contribution in [0.5, 0.6) is 0 Å². The van der Waals surface area contributed by atoms with Crippen LogP contribution in [0.2, 0.25) is 0 Å². The molecule has 1 rings (SSSR count). The molecule has 144 valence electrons. The molecule has 0 atom stereocenters. The van der Waals surface area contributed by atoms with Crippen molar-refractivity contribution in [2.24, 2.45) is 0 Å². The lowest BCUT2D eigenvalue weighted by atomic mass is 10.1. The van der Waals surface area contributed by atoms with Gasteiger partial charge in [0.1, 0.15) is 5.82 Å². The zero-order valence-corrected chi connectivity index (χ0v) is 15.4. The van der Waals surface area contributed by atoms with Crippen molar-refractivity contribution in [2.75, 3.05) is 25.2 Å². The third kappa shape index (κ3) is 6.34. The molecule has 1 aromatic rings. The second kappa shape index (κ2) is 10.4. The lowest BCUT2D eigenvalue weighted by Gasteiger charge is -2.24. The third-order valence-corrected chi connectivity index (χ3v) is 3.29. The molecule has 0 radical (unpaired) electrons. The summed E-state index contributed by atoms with van der Waals surface area (Å²) >= 11 is 0. The van der Waals surface area contributed by atoms with E-state index in [-0.39, 0.29) is 42.9 Å². The number of hydrogen-bond acceptors (Lipinski definition) is 6. The van der Waals surface area contributed by atoms with Crippen LogP contribution in [0.25, 0.3) is 0 Å². The number of rotatable bonds is 8. The van der Waals surface area contributed by atoms with Gasteiger partial charge in [0.05, 0.1) is 25.4 Å². The van der Waals surface area contributed by atoms with Crippen LogP contribution in [-0.2, 0) is 19.0 Å². The Morgan fingerprint density at radius 1 is 1.23 bits per heavy atom. The highest BCUT2D eigenvalue weighted by atomic mass is 19.1. The molecule has 1 aromatic carbocycles. The molecule has 0 spiro atoms. The Morgan fingerprint density at radius 2 is 1.92 bits per heavy atom. The summed E-state index contributed by atoms with van der Waals surface area (Å²) in [6.45, 7) is 5.50. The maximum Gasteiger partial charge on any atom is 0.414 e. The molecular weight excluding hydrogens is 345 g/mol. The third-order valence-electron chi connectivity index (χ3n) is 3.29. The molecule has 0 aliphatic carbocycles. The zero-order chi connectivity index (χ0) is 19.7. The fraction of sp³-hybridized carbons (Fsp3) is 0.500. The fourth-order valence-corrected chi connectivity index (χ4v) is 2.15.